The van der Waals surface area contributed by atoms with Gasteiger partial charge in [-0.25, -0.2) is 4.79 Å². The zero-order valence-corrected chi connectivity index (χ0v) is 15.0. The van der Waals surface area contributed by atoms with E-state index in [9.17, 15) is 4.79 Å². The number of piperidine rings is 1. The Balaban J connectivity index is 1.18. The molecule has 0 radical (unpaired) electrons. The third-order valence-electron chi connectivity index (χ3n) is 5.54. The number of nitrogens with zero attached hydrogens (tertiary/aromatic N) is 1. The molecule has 0 atom stereocenters. The van der Waals surface area contributed by atoms with Crippen LogP contribution in [0.15, 0.2) is 18.2 Å². The van der Waals surface area contributed by atoms with E-state index in [1.165, 1.54) is 0 Å². The van der Waals surface area contributed by atoms with Gasteiger partial charge in [-0.15, -0.1) is 0 Å². The van der Waals surface area contributed by atoms with E-state index in [2.05, 4.69) is 15.5 Å². The zero-order valence-electron chi connectivity index (χ0n) is 15.0. The summed E-state index contributed by atoms with van der Waals surface area (Å²) in [5.41, 5.74) is 0.709. The van der Waals surface area contributed by atoms with Gasteiger partial charge in [0.1, 0.15) is 0 Å². The number of carbonyl (C=O) groups excluding carboxylic acids is 1. The van der Waals surface area contributed by atoms with Crippen molar-refractivity contribution in [2.45, 2.75) is 31.7 Å². The van der Waals surface area contributed by atoms with Gasteiger partial charge in [0.25, 0.3) is 0 Å². The van der Waals surface area contributed by atoms with Gasteiger partial charge >= 0.3 is 6.03 Å². The van der Waals surface area contributed by atoms with Crippen LogP contribution in [0.5, 0.6) is 11.5 Å². The molecule has 1 aromatic carbocycles. The van der Waals surface area contributed by atoms with Gasteiger partial charge in [0, 0.05) is 37.6 Å². The molecule has 26 heavy (non-hydrogen) atoms. The number of likely N-dealkylation sites (tertiary alicyclic amines) is 1. The Morgan fingerprint density at radius 1 is 1.08 bits per heavy atom. The summed E-state index contributed by atoms with van der Waals surface area (Å²) >= 11 is 0. The molecule has 7 heteroatoms. The second-order valence-corrected chi connectivity index (χ2v) is 7.23. The van der Waals surface area contributed by atoms with Crippen LogP contribution in [0.4, 0.5) is 10.5 Å². The lowest BCUT2D eigenvalue weighted by Crippen LogP contribution is -2.46. The first-order chi connectivity index (χ1) is 12.8. The summed E-state index contributed by atoms with van der Waals surface area (Å²) in [5, 5.41) is 5.86. The van der Waals surface area contributed by atoms with E-state index in [1.807, 2.05) is 12.1 Å². The third kappa shape index (κ3) is 4.22. The van der Waals surface area contributed by atoms with Gasteiger partial charge in [0.15, 0.2) is 11.5 Å². The highest BCUT2D eigenvalue weighted by atomic mass is 16.7. The fourth-order valence-electron chi connectivity index (χ4n) is 3.96. The molecule has 3 aliphatic rings. The molecule has 0 spiro atoms. The van der Waals surface area contributed by atoms with Crippen molar-refractivity contribution in [2.24, 2.45) is 5.92 Å². The maximum absolute atomic E-state index is 12.1. The van der Waals surface area contributed by atoms with E-state index in [0.29, 0.717) is 29.1 Å². The van der Waals surface area contributed by atoms with Gasteiger partial charge in [0.2, 0.25) is 6.79 Å². The van der Waals surface area contributed by atoms with Crippen LogP contribution in [0.2, 0.25) is 0 Å². The molecule has 2 saturated heterocycles. The van der Waals surface area contributed by atoms with Crippen molar-refractivity contribution in [3.8, 4) is 11.5 Å². The van der Waals surface area contributed by atoms with Gasteiger partial charge in [-0.05, 0) is 56.8 Å². The van der Waals surface area contributed by atoms with Crippen LogP contribution >= 0.6 is 0 Å². The van der Waals surface area contributed by atoms with Crippen LogP contribution in [0.3, 0.4) is 0 Å². The number of anilines is 1. The van der Waals surface area contributed by atoms with E-state index < -0.39 is 0 Å². The van der Waals surface area contributed by atoms with Crippen molar-refractivity contribution in [2.75, 3.05) is 45.0 Å². The molecule has 142 valence electrons. The Morgan fingerprint density at radius 2 is 1.85 bits per heavy atom. The zero-order chi connectivity index (χ0) is 17.8. The van der Waals surface area contributed by atoms with Crippen LogP contribution in [-0.4, -0.2) is 56.6 Å². The van der Waals surface area contributed by atoms with E-state index in [-0.39, 0.29) is 12.8 Å². The molecule has 0 unspecified atom stereocenters. The summed E-state index contributed by atoms with van der Waals surface area (Å²) in [6.45, 7) is 5.00. The maximum atomic E-state index is 12.1. The molecular weight excluding hydrogens is 334 g/mol. The smallest absolute Gasteiger partial charge is 0.319 e. The van der Waals surface area contributed by atoms with E-state index >= 15 is 0 Å². The lowest BCUT2D eigenvalue weighted by molar-refractivity contribution is 0.0213. The lowest BCUT2D eigenvalue weighted by atomic mass is 9.94. The lowest BCUT2D eigenvalue weighted by Gasteiger charge is -2.39. The van der Waals surface area contributed by atoms with E-state index in [4.69, 9.17) is 14.2 Å². The monoisotopic (exact) mass is 361 g/mol. The minimum Gasteiger partial charge on any atom is -0.454 e. The van der Waals surface area contributed by atoms with Gasteiger partial charge in [-0.3, -0.25) is 0 Å². The van der Waals surface area contributed by atoms with Crippen LogP contribution in [-0.2, 0) is 4.74 Å². The summed E-state index contributed by atoms with van der Waals surface area (Å²) in [6.07, 6.45) is 4.59. The average molecular weight is 361 g/mol. The van der Waals surface area contributed by atoms with Crippen molar-refractivity contribution in [1.29, 1.82) is 0 Å². The van der Waals surface area contributed by atoms with Gasteiger partial charge in [-0.2, -0.15) is 0 Å². The van der Waals surface area contributed by atoms with Crippen molar-refractivity contribution >= 4 is 11.7 Å². The number of benzene rings is 1. The molecule has 0 saturated carbocycles. The Morgan fingerprint density at radius 3 is 2.65 bits per heavy atom. The molecule has 2 fully saturated rings. The summed E-state index contributed by atoms with van der Waals surface area (Å²) in [5.74, 6) is 1.93. The predicted octanol–water partition coefficient (Wildman–Crippen LogP) is 2.43. The number of hydrogen-bond acceptors (Lipinski definition) is 5. The van der Waals surface area contributed by atoms with Crippen molar-refractivity contribution in [3.05, 3.63) is 18.2 Å². The standard InChI is InChI=1S/C19H27N3O4/c23-19(21-15-1-2-17-18(11-15)26-13-25-17)20-12-14-3-7-22(8-4-14)16-5-9-24-10-6-16/h1-2,11,14,16H,3-10,12-13H2,(H2,20,21,23). The first-order valence-electron chi connectivity index (χ1n) is 9.54. The summed E-state index contributed by atoms with van der Waals surface area (Å²) in [7, 11) is 0. The summed E-state index contributed by atoms with van der Waals surface area (Å²) in [6, 6.07) is 5.93. The average Bonchev–Trinajstić information content (AvgIpc) is 3.15. The predicted molar refractivity (Wildman–Crippen MR) is 97.7 cm³/mol. The minimum atomic E-state index is -0.171. The van der Waals surface area contributed by atoms with E-state index in [1.54, 1.807) is 6.07 Å². The number of amides is 2. The minimum absolute atomic E-state index is 0.171. The highest BCUT2D eigenvalue weighted by Crippen LogP contribution is 2.34. The highest BCUT2D eigenvalue weighted by molar-refractivity contribution is 5.89. The maximum Gasteiger partial charge on any atom is 0.319 e. The molecule has 3 aliphatic heterocycles. The van der Waals surface area contributed by atoms with Gasteiger partial charge < -0.3 is 29.7 Å². The van der Waals surface area contributed by atoms with Crippen molar-refractivity contribution in [3.63, 3.8) is 0 Å². The molecule has 0 aliphatic carbocycles. The van der Waals surface area contributed by atoms with Crippen molar-refractivity contribution < 1.29 is 19.0 Å². The number of fused-ring (bicyclic) bond motifs is 1. The summed E-state index contributed by atoms with van der Waals surface area (Å²) in [4.78, 5) is 14.8. The van der Waals surface area contributed by atoms with Gasteiger partial charge in [0.05, 0.1) is 0 Å². The third-order valence-corrected chi connectivity index (χ3v) is 5.54. The molecule has 3 heterocycles. The van der Waals surface area contributed by atoms with Crippen LogP contribution in [0.25, 0.3) is 0 Å². The number of carbonyl (C=O) groups is 1. The second kappa shape index (κ2) is 8.14. The molecule has 1 aromatic rings. The van der Waals surface area contributed by atoms with Crippen molar-refractivity contribution in [1.82, 2.24) is 10.2 Å². The van der Waals surface area contributed by atoms with E-state index in [0.717, 1.165) is 58.5 Å². The largest absolute Gasteiger partial charge is 0.454 e. The van der Waals surface area contributed by atoms with Gasteiger partial charge in [-0.1, -0.05) is 0 Å². The SMILES string of the molecule is O=C(NCC1CCN(C2CCOCC2)CC1)Nc1ccc2c(c1)OCO2. The fourth-order valence-corrected chi connectivity index (χ4v) is 3.96. The Labute approximate surface area is 154 Å². The quantitative estimate of drug-likeness (QED) is 0.862. The molecule has 2 N–H and O–H groups in total. The topological polar surface area (TPSA) is 72.1 Å². The van der Waals surface area contributed by atoms with Crippen LogP contribution < -0.4 is 20.1 Å². The highest BCUT2D eigenvalue weighted by Gasteiger charge is 2.26. The molecule has 4 rings (SSSR count). The first-order valence-corrected chi connectivity index (χ1v) is 9.54. The Bertz CT molecular complexity index is 625. The number of nitrogens with one attached hydrogen (secondary N) is 2. The number of urea groups is 1. The molecule has 0 aromatic heterocycles. The van der Waals surface area contributed by atoms with Crippen LogP contribution in [0.1, 0.15) is 25.7 Å². The number of ether oxygens (including phenoxy) is 3. The van der Waals surface area contributed by atoms with Crippen LogP contribution in [0, 0.1) is 5.92 Å². The normalized spacial score (nSPS) is 21.5. The Hall–Kier alpha value is -1.99. The number of rotatable bonds is 4. The summed E-state index contributed by atoms with van der Waals surface area (Å²) < 4.78 is 16.1. The fraction of sp³-hybridized carbons (Fsp3) is 0.632. The first kappa shape index (κ1) is 17.4. The molecule has 0 bridgehead atoms. The molecular formula is C19H27N3O4. The Kier molecular flexibility index (Phi) is 5.45. The molecule has 7 nitrogen and oxygen atoms in total. The number of hydrogen-bond donors (Lipinski definition) is 2. The molecule has 2 amide bonds. The second-order valence-electron chi connectivity index (χ2n) is 7.23.